The standard InChI is InChI=1S/C24H21N3O5S/c25-15-8-16-27(21-11-3-1-4-12-21)23(28)18-32-24(29)19-9-7-10-20(17-19)26-33(30,31)22-13-5-2-6-14-22/h1-7,9-14,17,26H,8,16,18H2. The summed E-state index contributed by atoms with van der Waals surface area (Å²) >= 11 is 0. The Morgan fingerprint density at radius 3 is 2.27 bits per heavy atom. The zero-order chi connectivity index (χ0) is 23.7. The van der Waals surface area contributed by atoms with Crippen LogP contribution in [-0.2, 0) is 19.6 Å². The van der Waals surface area contributed by atoms with Gasteiger partial charge in [-0.2, -0.15) is 5.26 Å². The highest BCUT2D eigenvalue weighted by molar-refractivity contribution is 7.92. The number of hydrogen-bond acceptors (Lipinski definition) is 6. The highest BCUT2D eigenvalue weighted by atomic mass is 32.2. The summed E-state index contributed by atoms with van der Waals surface area (Å²) in [5, 5.41) is 8.87. The van der Waals surface area contributed by atoms with Crippen molar-refractivity contribution < 1.29 is 22.7 Å². The number of nitrogens with zero attached hydrogens (tertiary/aromatic N) is 2. The van der Waals surface area contributed by atoms with Crippen LogP contribution in [0.4, 0.5) is 11.4 Å². The Kier molecular flexibility index (Phi) is 7.78. The number of esters is 1. The van der Waals surface area contributed by atoms with E-state index < -0.39 is 28.5 Å². The summed E-state index contributed by atoms with van der Waals surface area (Å²) in [5.41, 5.74) is 0.852. The number of anilines is 2. The van der Waals surface area contributed by atoms with E-state index in [2.05, 4.69) is 4.72 Å². The lowest BCUT2D eigenvalue weighted by molar-refractivity contribution is -0.121. The molecule has 1 N–H and O–H groups in total. The van der Waals surface area contributed by atoms with Gasteiger partial charge in [0.2, 0.25) is 0 Å². The number of nitriles is 1. The first-order valence-corrected chi connectivity index (χ1v) is 11.5. The largest absolute Gasteiger partial charge is 0.452 e. The third-order valence-corrected chi connectivity index (χ3v) is 5.94. The van der Waals surface area contributed by atoms with Gasteiger partial charge in [0, 0.05) is 17.9 Å². The molecule has 33 heavy (non-hydrogen) atoms. The molecule has 3 aromatic carbocycles. The van der Waals surface area contributed by atoms with E-state index in [1.54, 1.807) is 48.5 Å². The van der Waals surface area contributed by atoms with E-state index in [0.717, 1.165) is 0 Å². The van der Waals surface area contributed by atoms with Gasteiger partial charge in [0.1, 0.15) is 0 Å². The number of sulfonamides is 1. The van der Waals surface area contributed by atoms with E-state index in [4.69, 9.17) is 10.00 Å². The van der Waals surface area contributed by atoms with Crippen LogP contribution >= 0.6 is 0 Å². The third kappa shape index (κ3) is 6.41. The predicted molar refractivity (Wildman–Crippen MR) is 123 cm³/mol. The highest BCUT2D eigenvalue weighted by Crippen LogP contribution is 2.18. The number of amides is 1. The monoisotopic (exact) mass is 463 g/mol. The molecular formula is C24H21N3O5S. The molecule has 0 saturated carbocycles. The van der Waals surface area contributed by atoms with Crippen LogP contribution in [0.25, 0.3) is 0 Å². The highest BCUT2D eigenvalue weighted by Gasteiger charge is 2.19. The van der Waals surface area contributed by atoms with Gasteiger partial charge in [0.25, 0.3) is 15.9 Å². The van der Waals surface area contributed by atoms with Crippen molar-refractivity contribution in [1.29, 1.82) is 5.26 Å². The summed E-state index contributed by atoms with van der Waals surface area (Å²) in [6.45, 7) is -0.368. The number of ether oxygens (including phenoxy) is 1. The number of nitrogens with one attached hydrogen (secondary N) is 1. The van der Waals surface area contributed by atoms with Crippen LogP contribution in [0.15, 0.2) is 89.8 Å². The maximum absolute atomic E-state index is 12.6. The minimum Gasteiger partial charge on any atom is -0.452 e. The zero-order valence-electron chi connectivity index (χ0n) is 17.5. The molecule has 9 heteroatoms. The minimum atomic E-state index is -3.82. The molecule has 1 amide bonds. The van der Waals surface area contributed by atoms with Crippen molar-refractivity contribution in [3.63, 3.8) is 0 Å². The van der Waals surface area contributed by atoms with E-state index in [-0.39, 0.29) is 29.1 Å². The Morgan fingerprint density at radius 1 is 0.939 bits per heavy atom. The second kappa shape index (κ2) is 10.9. The molecular weight excluding hydrogens is 442 g/mol. The SMILES string of the molecule is N#CCCN(C(=O)COC(=O)c1cccc(NS(=O)(=O)c2ccccc2)c1)c1ccccc1. The Morgan fingerprint density at radius 2 is 1.61 bits per heavy atom. The number of para-hydroxylation sites is 1. The number of rotatable bonds is 9. The van der Waals surface area contributed by atoms with Crippen LogP contribution in [0.5, 0.6) is 0 Å². The summed E-state index contributed by atoms with van der Waals surface area (Å²) in [6, 6.07) is 24.4. The van der Waals surface area contributed by atoms with Gasteiger partial charge < -0.3 is 9.64 Å². The van der Waals surface area contributed by atoms with Gasteiger partial charge in [0.05, 0.1) is 22.9 Å². The van der Waals surface area contributed by atoms with Gasteiger partial charge >= 0.3 is 5.97 Å². The molecule has 8 nitrogen and oxygen atoms in total. The first-order valence-electron chi connectivity index (χ1n) is 9.98. The number of benzene rings is 3. The Bertz CT molecular complexity index is 1260. The molecule has 168 valence electrons. The molecule has 0 unspecified atom stereocenters. The topological polar surface area (TPSA) is 117 Å². The van der Waals surface area contributed by atoms with Crippen LogP contribution in [0.1, 0.15) is 16.8 Å². The van der Waals surface area contributed by atoms with Crippen molar-refractivity contribution in [2.75, 3.05) is 22.8 Å². The van der Waals surface area contributed by atoms with Crippen molar-refractivity contribution >= 4 is 33.3 Å². The zero-order valence-corrected chi connectivity index (χ0v) is 18.4. The fourth-order valence-electron chi connectivity index (χ4n) is 2.98. The molecule has 3 rings (SSSR count). The summed E-state index contributed by atoms with van der Waals surface area (Å²) < 4.78 is 32.6. The molecule has 0 aromatic heterocycles. The van der Waals surface area contributed by atoms with E-state index in [0.29, 0.717) is 5.69 Å². The summed E-state index contributed by atoms with van der Waals surface area (Å²) in [6.07, 6.45) is 0.123. The fraction of sp³-hybridized carbons (Fsp3) is 0.125. The van der Waals surface area contributed by atoms with Crippen LogP contribution < -0.4 is 9.62 Å². The molecule has 0 atom stereocenters. The normalized spacial score (nSPS) is 10.6. The van der Waals surface area contributed by atoms with Crippen LogP contribution in [0.2, 0.25) is 0 Å². The average molecular weight is 464 g/mol. The van der Waals surface area contributed by atoms with Gasteiger partial charge in [-0.3, -0.25) is 9.52 Å². The van der Waals surface area contributed by atoms with Crippen LogP contribution in [0, 0.1) is 11.3 Å². The molecule has 0 aliphatic heterocycles. The molecule has 0 saturated heterocycles. The van der Waals surface area contributed by atoms with E-state index in [1.165, 1.54) is 41.3 Å². The maximum atomic E-state index is 12.6. The van der Waals surface area contributed by atoms with E-state index >= 15 is 0 Å². The summed E-state index contributed by atoms with van der Waals surface area (Å²) in [4.78, 5) is 26.6. The third-order valence-electron chi connectivity index (χ3n) is 4.55. The van der Waals surface area contributed by atoms with Crippen molar-refractivity contribution in [3.8, 4) is 6.07 Å². The van der Waals surface area contributed by atoms with Crippen LogP contribution in [-0.4, -0.2) is 33.4 Å². The molecule has 0 fully saturated rings. The lowest BCUT2D eigenvalue weighted by Crippen LogP contribution is -2.35. The lowest BCUT2D eigenvalue weighted by Gasteiger charge is -2.21. The van der Waals surface area contributed by atoms with Gasteiger partial charge in [-0.25, -0.2) is 13.2 Å². The van der Waals surface area contributed by atoms with Gasteiger partial charge in [-0.15, -0.1) is 0 Å². The molecule has 0 bridgehead atoms. The number of hydrogen-bond donors (Lipinski definition) is 1. The predicted octanol–water partition coefficient (Wildman–Crippen LogP) is 3.59. The van der Waals surface area contributed by atoms with Crippen molar-refractivity contribution in [3.05, 3.63) is 90.5 Å². The first-order chi connectivity index (χ1) is 15.9. The minimum absolute atomic E-state index is 0.0827. The Balaban J connectivity index is 1.67. The number of carbonyl (C=O) groups excluding carboxylic acids is 2. The Hall–Kier alpha value is -4.16. The van der Waals surface area contributed by atoms with Crippen molar-refractivity contribution in [2.45, 2.75) is 11.3 Å². The molecule has 0 spiro atoms. The van der Waals surface area contributed by atoms with Crippen molar-refractivity contribution in [2.24, 2.45) is 0 Å². The quantitative estimate of drug-likeness (QED) is 0.485. The molecule has 0 aliphatic carbocycles. The Labute approximate surface area is 192 Å². The lowest BCUT2D eigenvalue weighted by atomic mass is 10.2. The fourth-order valence-corrected chi connectivity index (χ4v) is 4.05. The van der Waals surface area contributed by atoms with Gasteiger partial charge in [-0.05, 0) is 42.5 Å². The van der Waals surface area contributed by atoms with E-state index in [1.807, 2.05) is 6.07 Å². The van der Waals surface area contributed by atoms with E-state index in [9.17, 15) is 18.0 Å². The number of carbonyl (C=O) groups is 2. The second-order valence-electron chi connectivity index (χ2n) is 6.86. The molecule has 0 aliphatic rings. The maximum Gasteiger partial charge on any atom is 0.338 e. The van der Waals surface area contributed by atoms with Gasteiger partial charge in [-0.1, -0.05) is 42.5 Å². The second-order valence-corrected chi connectivity index (χ2v) is 8.55. The van der Waals surface area contributed by atoms with Crippen LogP contribution in [0.3, 0.4) is 0 Å². The molecule has 0 radical (unpaired) electrons. The molecule has 3 aromatic rings. The summed E-state index contributed by atoms with van der Waals surface area (Å²) in [5.74, 6) is -1.26. The smallest absolute Gasteiger partial charge is 0.338 e. The molecule has 0 heterocycles. The summed E-state index contributed by atoms with van der Waals surface area (Å²) in [7, 11) is -3.82. The van der Waals surface area contributed by atoms with Gasteiger partial charge in [0.15, 0.2) is 6.61 Å². The van der Waals surface area contributed by atoms with Crippen molar-refractivity contribution in [1.82, 2.24) is 0 Å². The average Bonchev–Trinajstić information content (AvgIpc) is 2.84. The first kappa shape index (κ1) is 23.5.